The highest BCUT2D eigenvalue weighted by Gasteiger charge is 2.31. The van der Waals surface area contributed by atoms with Crippen molar-refractivity contribution in [2.24, 2.45) is 0 Å². The lowest BCUT2D eigenvalue weighted by molar-refractivity contribution is -0.137. The van der Waals surface area contributed by atoms with E-state index in [1.54, 1.807) is 37.5 Å². The van der Waals surface area contributed by atoms with Gasteiger partial charge >= 0.3 is 6.18 Å². The fourth-order valence-corrected chi connectivity index (χ4v) is 4.19. The van der Waals surface area contributed by atoms with Crippen LogP contribution >= 0.6 is 0 Å². The highest BCUT2D eigenvalue weighted by molar-refractivity contribution is 6.04. The number of benzene rings is 3. The molecule has 0 unspecified atom stereocenters. The van der Waals surface area contributed by atoms with E-state index in [2.05, 4.69) is 20.3 Å². The third kappa shape index (κ3) is 6.04. The van der Waals surface area contributed by atoms with Crippen molar-refractivity contribution in [1.29, 1.82) is 0 Å². The third-order valence-electron chi connectivity index (χ3n) is 6.25. The molecular formula is C30H24F3N5O. The van der Waals surface area contributed by atoms with Crippen LogP contribution in [0.2, 0.25) is 0 Å². The number of amides is 1. The molecule has 1 amide bonds. The maximum absolute atomic E-state index is 13.6. The van der Waals surface area contributed by atoms with E-state index >= 15 is 0 Å². The molecule has 0 aliphatic rings. The predicted molar refractivity (Wildman–Crippen MR) is 143 cm³/mol. The maximum Gasteiger partial charge on any atom is 0.416 e. The van der Waals surface area contributed by atoms with Gasteiger partial charge in [0, 0.05) is 41.3 Å². The molecule has 2 heterocycles. The van der Waals surface area contributed by atoms with E-state index in [0.717, 1.165) is 34.5 Å². The van der Waals surface area contributed by atoms with E-state index < -0.39 is 17.6 Å². The van der Waals surface area contributed by atoms with E-state index in [9.17, 15) is 18.0 Å². The van der Waals surface area contributed by atoms with Crippen molar-refractivity contribution in [2.45, 2.75) is 26.4 Å². The van der Waals surface area contributed by atoms with Gasteiger partial charge in [0.25, 0.3) is 5.91 Å². The molecule has 39 heavy (non-hydrogen) atoms. The molecule has 9 heteroatoms. The zero-order chi connectivity index (χ0) is 27.6. The van der Waals surface area contributed by atoms with Crippen molar-refractivity contribution in [2.75, 3.05) is 5.32 Å². The van der Waals surface area contributed by atoms with Crippen molar-refractivity contribution in [3.8, 4) is 16.9 Å². The summed E-state index contributed by atoms with van der Waals surface area (Å²) in [7, 11) is 0. The summed E-state index contributed by atoms with van der Waals surface area (Å²) in [6.45, 7) is 3.66. The average molecular weight is 528 g/mol. The molecule has 0 aliphatic heterocycles. The molecule has 3 aromatic carbocycles. The average Bonchev–Trinajstić information content (AvgIpc) is 3.36. The highest BCUT2D eigenvalue weighted by Crippen LogP contribution is 2.33. The number of anilines is 1. The first-order valence-electron chi connectivity index (χ1n) is 12.2. The Balaban J connectivity index is 1.41. The molecule has 0 bridgehead atoms. The number of hydrogen-bond donors (Lipinski definition) is 1. The maximum atomic E-state index is 13.6. The van der Waals surface area contributed by atoms with Gasteiger partial charge in [-0.25, -0.2) is 15.0 Å². The number of halogens is 3. The van der Waals surface area contributed by atoms with Crippen LogP contribution in [0.15, 0.2) is 91.5 Å². The summed E-state index contributed by atoms with van der Waals surface area (Å²) in [4.78, 5) is 26.3. The van der Waals surface area contributed by atoms with Gasteiger partial charge in [0.15, 0.2) is 0 Å². The first-order valence-corrected chi connectivity index (χ1v) is 12.2. The topological polar surface area (TPSA) is 72.7 Å². The number of alkyl halides is 3. The Morgan fingerprint density at radius 2 is 1.74 bits per heavy atom. The van der Waals surface area contributed by atoms with Crippen LogP contribution in [0.4, 0.5) is 18.9 Å². The van der Waals surface area contributed by atoms with Gasteiger partial charge in [0.1, 0.15) is 5.82 Å². The molecule has 6 nitrogen and oxygen atoms in total. The molecule has 0 aliphatic carbocycles. The van der Waals surface area contributed by atoms with Gasteiger partial charge in [0.2, 0.25) is 0 Å². The Labute approximate surface area is 223 Å². The van der Waals surface area contributed by atoms with Crippen LogP contribution in [-0.2, 0) is 12.6 Å². The van der Waals surface area contributed by atoms with Gasteiger partial charge in [-0.2, -0.15) is 13.2 Å². The van der Waals surface area contributed by atoms with E-state index in [1.807, 2.05) is 43.3 Å². The lowest BCUT2D eigenvalue weighted by atomic mass is 10.0. The minimum atomic E-state index is -4.59. The quantitative estimate of drug-likeness (QED) is 0.263. The Morgan fingerprint density at radius 3 is 2.46 bits per heavy atom. The first-order chi connectivity index (χ1) is 18.7. The van der Waals surface area contributed by atoms with Crippen LogP contribution < -0.4 is 5.32 Å². The van der Waals surface area contributed by atoms with Crippen LogP contribution in [0.5, 0.6) is 0 Å². The smallest absolute Gasteiger partial charge is 0.322 e. The molecule has 196 valence electrons. The van der Waals surface area contributed by atoms with Crippen molar-refractivity contribution >= 4 is 11.6 Å². The van der Waals surface area contributed by atoms with Gasteiger partial charge in [-0.05, 0) is 61.4 Å². The number of hydrogen-bond acceptors (Lipinski definition) is 4. The van der Waals surface area contributed by atoms with Crippen LogP contribution in [0.3, 0.4) is 0 Å². The first kappa shape index (κ1) is 25.8. The predicted octanol–water partition coefficient (Wildman–Crippen LogP) is 6.81. The van der Waals surface area contributed by atoms with E-state index in [1.165, 1.54) is 17.0 Å². The van der Waals surface area contributed by atoms with Crippen LogP contribution in [0.1, 0.15) is 38.6 Å². The molecule has 0 saturated carbocycles. The second-order valence-corrected chi connectivity index (χ2v) is 9.18. The Bertz CT molecular complexity index is 1640. The summed E-state index contributed by atoms with van der Waals surface area (Å²) >= 11 is 0. The van der Waals surface area contributed by atoms with Crippen LogP contribution in [0.25, 0.3) is 16.9 Å². The molecule has 5 rings (SSSR count). The molecule has 0 fully saturated rings. The normalized spacial score (nSPS) is 11.4. The number of carbonyl (C=O) groups is 1. The lowest BCUT2D eigenvalue weighted by Gasteiger charge is -2.14. The molecular weight excluding hydrogens is 503 g/mol. The van der Waals surface area contributed by atoms with Gasteiger partial charge in [-0.3, -0.25) is 4.79 Å². The zero-order valence-electron chi connectivity index (χ0n) is 21.2. The number of aromatic nitrogens is 4. The Morgan fingerprint density at radius 1 is 0.949 bits per heavy atom. The number of carbonyl (C=O) groups excluding carboxylic acids is 1. The summed E-state index contributed by atoms with van der Waals surface area (Å²) in [5, 5.41) is 2.62. The van der Waals surface area contributed by atoms with Gasteiger partial charge < -0.3 is 9.88 Å². The highest BCUT2D eigenvalue weighted by atomic mass is 19.4. The van der Waals surface area contributed by atoms with Crippen LogP contribution in [-0.4, -0.2) is 25.4 Å². The summed E-state index contributed by atoms with van der Waals surface area (Å²) < 4.78 is 42.3. The van der Waals surface area contributed by atoms with E-state index in [4.69, 9.17) is 0 Å². The third-order valence-corrected chi connectivity index (χ3v) is 6.25. The monoisotopic (exact) mass is 527 g/mol. The summed E-state index contributed by atoms with van der Waals surface area (Å²) in [5.74, 6) is 0.0671. The summed E-state index contributed by atoms with van der Waals surface area (Å²) in [6, 6.07) is 20.2. The van der Waals surface area contributed by atoms with Crippen LogP contribution in [0, 0.1) is 13.8 Å². The Hall–Kier alpha value is -4.79. The largest absolute Gasteiger partial charge is 0.416 e. The molecule has 2 aromatic heterocycles. The molecule has 1 N–H and O–H groups in total. The minimum Gasteiger partial charge on any atom is -0.322 e. The van der Waals surface area contributed by atoms with E-state index in [-0.39, 0.29) is 11.4 Å². The zero-order valence-corrected chi connectivity index (χ0v) is 21.2. The SMILES string of the molecule is Cc1cn(-c2cc(NC(=O)c3ccc(C)c(Cc4nccc(-c5ccccc5)n4)c3)cc(C(F)(F)F)c2)cn1. The number of rotatable bonds is 6. The molecule has 0 saturated heterocycles. The Kier molecular flexibility index (Phi) is 6.98. The number of aryl methyl sites for hydroxylation is 2. The molecule has 5 aromatic rings. The van der Waals surface area contributed by atoms with Gasteiger partial charge in [0.05, 0.1) is 23.3 Å². The summed E-state index contributed by atoms with van der Waals surface area (Å²) in [6.07, 6.45) is 0.543. The van der Waals surface area contributed by atoms with Crippen molar-refractivity contribution in [1.82, 2.24) is 19.5 Å². The van der Waals surface area contributed by atoms with Gasteiger partial charge in [-0.15, -0.1) is 0 Å². The fourth-order valence-electron chi connectivity index (χ4n) is 4.19. The lowest BCUT2D eigenvalue weighted by Crippen LogP contribution is -2.14. The molecule has 0 radical (unpaired) electrons. The second kappa shape index (κ2) is 10.5. The van der Waals surface area contributed by atoms with Crippen molar-refractivity contribution in [3.05, 3.63) is 125 Å². The summed E-state index contributed by atoms with van der Waals surface area (Å²) in [5.41, 5.74) is 3.90. The van der Waals surface area contributed by atoms with Crippen molar-refractivity contribution in [3.63, 3.8) is 0 Å². The second-order valence-electron chi connectivity index (χ2n) is 9.18. The number of nitrogens with one attached hydrogen (secondary N) is 1. The number of nitrogens with zero attached hydrogens (tertiary/aromatic N) is 4. The molecule has 0 atom stereocenters. The minimum absolute atomic E-state index is 0.0252. The molecule has 0 spiro atoms. The fraction of sp³-hybridized carbons (Fsp3) is 0.133. The number of imidazole rings is 1. The van der Waals surface area contributed by atoms with E-state index in [0.29, 0.717) is 23.5 Å². The van der Waals surface area contributed by atoms with Crippen molar-refractivity contribution < 1.29 is 18.0 Å². The standard InChI is InChI=1S/C30H24F3N5O/c1-19-8-9-22(12-23(19)13-28-34-11-10-27(37-28)21-6-4-3-5-7-21)29(39)36-25-14-24(30(31,32)33)15-26(16-25)38-17-20(2)35-18-38/h3-12,14-18H,13H2,1-2H3,(H,36,39). The van der Waals surface area contributed by atoms with Gasteiger partial charge in [-0.1, -0.05) is 36.4 Å².